The number of hydrogen-bond donors (Lipinski definition) is 1. The molecule has 1 heterocycles. The minimum atomic E-state index is -0.245. The van der Waals surface area contributed by atoms with E-state index in [1.807, 2.05) is 24.7 Å². The van der Waals surface area contributed by atoms with Crippen molar-refractivity contribution in [1.29, 1.82) is 0 Å². The van der Waals surface area contributed by atoms with E-state index in [9.17, 15) is 4.39 Å². The Morgan fingerprint density at radius 1 is 1.44 bits per heavy atom. The Morgan fingerprint density at radius 2 is 2.22 bits per heavy atom. The molecule has 0 aliphatic rings. The molecule has 0 saturated heterocycles. The van der Waals surface area contributed by atoms with E-state index in [2.05, 4.69) is 26.3 Å². The first-order valence-corrected chi connectivity index (χ1v) is 6.59. The van der Waals surface area contributed by atoms with Crippen molar-refractivity contribution >= 4 is 15.9 Å². The van der Waals surface area contributed by atoms with Crippen LogP contribution in [0.3, 0.4) is 0 Å². The molecule has 3 nitrogen and oxygen atoms in total. The molecular formula is C13H15BrFN3. The molecule has 18 heavy (non-hydrogen) atoms. The van der Waals surface area contributed by atoms with Gasteiger partial charge < -0.3 is 5.32 Å². The fourth-order valence-electron chi connectivity index (χ4n) is 1.98. The molecule has 0 amide bonds. The quantitative estimate of drug-likeness (QED) is 0.940. The molecule has 0 aliphatic carbocycles. The summed E-state index contributed by atoms with van der Waals surface area (Å²) < 4.78 is 15.7. The van der Waals surface area contributed by atoms with Crippen molar-refractivity contribution in [2.24, 2.45) is 7.05 Å². The molecule has 1 unspecified atom stereocenters. The molecule has 2 aromatic rings. The van der Waals surface area contributed by atoms with Gasteiger partial charge >= 0.3 is 0 Å². The summed E-state index contributed by atoms with van der Waals surface area (Å²) in [4.78, 5) is 0. The fraction of sp³-hybridized carbons (Fsp3) is 0.308. The number of halogens is 2. The van der Waals surface area contributed by atoms with Crippen LogP contribution in [0.5, 0.6) is 0 Å². The van der Waals surface area contributed by atoms with Crippen LogP contribution in [0.2, 0.25) is 0 Å². The molecule has 1 aromatic heterocycles. The summed E-state index contributed by atoms with van der Waals surface area (Å²) in [7, 11) is 1.90. The second-order valence-electron chi connectivity index (χ2n) is 4.04. The van der Waals surface area contributed by atoms with Crippen LogP contribution < -0.4 is 5.32 Å². The first-order valence-electron chi connectivity index (χ1n) is 5.79. The first-order chi connectivity index (χ1) is 8.63. The fourth-order valence-corrected chi connectivity index (χ4v) is 2.56. The summed E-state index contributed by atoms with van der Waals surface area (Å²) in [5, 5.41) is 7.57. The molecule has 96 valence electrons. The topological polar surface area (TPSA) is 29.9 Å². The smallest absolute Gasteiger partial charge is 0.124 e. The number of nitrogens with one attached hydrogen (secondary N) is 1. The largest absolute Gasteiger partial charge is 0.305 e. The van der Waals surface area contributed by atoms with Crippen molar-refractivity contribution < 1.29 is 4.39 Å². The van der Waals surface area contributed by atoms with Crippen LogP contribution in [0, 0.1) is 5.82 Å². The van der Waals surface area contributed by atoms with E-state index in [0.717, 1.165) is 22.3 Å². The molecular weight excluding hydrogens is 297 g/mol. The Balaban J connectivity index is 2.45. The van der Waals surface area contributed by atoms with Gasteiger partial charge in [0.05, 0.1) is 11.7 Å². The molecule has 2 rings (SSSR count). The van der Waals surface area contributed by atoms with Gasteiger partial charge in [-0.05, 0) is 30.3 Å². The SMILES string of the molecule is CCNC(c1ccc(F)cc1Br)c1ccnn1C. The van der Waals surface area contributed by atoms with Gasteiger partial charge in [0.25, 0.3) is 0 Å². The van der Waals surface area contributed by atoms with Crippen molar-refractivity contribution in [3.63, 3.8) is 0 Å². The maximum absolute atomic E-state index is 13.2. The molecule has 0 radical (unpaired) electrons. The van der Waals surface area contributed by atoms with E-state index >= 15 is 0 Å². The van der Waals surface area contributed by atoms with Crippen LogP contribution in [0.15, 0.2) is 34.9 Å². The maximum Gasteiger partial charge on any atom is 0.124 e. The Kier molecular flexibility index (Phi) is 4.14. The van der Waals surface area contributed by atoms with E-state index < -0.39 is 0 Å². The highest BCUT2D eigenvalue weighted by molar-refractivity contribution is 9.10. The average Bonchev–Trinajstić information content (AvgIpc) is 2.73. The van der Waals surface area contributed by atoms with E-state index in [4.69, 9.17) is 0 Å². The summed E-state index contributed by atoms with van der Waals surface area (Å²) in [6.45, 7) is 2.86. The zero-order chi connectivity index (χ0) is 13.1. The number of aromatic nitrogens is 2. The van der Waals surface area contributed by atoms with Gasteiger partial charge in [-0.2, -0.15) is 5.10 Å². The van der Waals surface area contributed by atoms with E-state index in [0.29, 0.717) is 0 Å². The molecule has 1 aromatic carbocycles. The zero-order valence-electron chi connectivity index (χ0n) is 10.3. The number of benzene rings is 1. The van der Waals surface area contributed by atoms with Crippen LogP contribution in [0.1, 0.15) is 24.2 Å². The lowest BCUT2D eigenvalue weighted by Gasteiger charge is -2.20. The van der Waals surface area contributed by atoms with Gasteiger partial charge in [-0.25, -0.2) is 4.39 Å². The van der Waals surface area contributed by atoms with Crippen LogP contribution in [-0.2, 0) is 7.05 Å². The molecule has 1 N–H and O–H groups in total. The molecule has 0 saturated carbocycles. The average molecular weight is 312 g/mol. The lowest BCUT2D eigenvalue weighted by Crippen LogP contribution is -2.24. The molecule has 5 heteroatoms. The van der Waals surface area contributed by atoms with Crippen molar-refractivity contribution in [2.45, 2.75) is 13.0 Å². The van der Waals surface area contributed by atoms with Gasteiger partial charge in [0.2, 0.25) is 0 Å². The maximum atomic E-state index is 13.2. The Labute approximate surface area is 114 Å². The molecule has 1 atom stereocenters. The Hall–Kier alpha value is -1.20. The minimum absolute atomic E-state index is 0.00234. The van der Waals surface area contributed by atoms with Crippen LogP contribution in [-0.4, -0.2) is 16.3 Å². The molecule has 0 fully saturated rings. The highest BCUT2D eigenvalue weighted by Gasteiger charge is 2.18. The summed E-state index contributed by atoms with van der Waals surface area (Å²) >= 11 is 3.42. The second-order valence-corrected chi connectivity index (χ2v) is 4.89. The van der Waals surface area contributed by atoms with Crippen molar-refractivity contribution in [2.75, 3.05) is 6.54 Å². The summed E-state index contributed by atoms with van der Waals surface area (Å²) in [5.74, 6) is -0.245. The van der Waals surface area contributed by atoms with Gasteiger partial charge in [-0.3, -0.25) is 4.68 Å². The zero-order valence-corrected chi connectivity index (χ0v) is 11.9. The molecule has 0 spiro atoms. The predicted octanol–water partition coefficient (Wildman–Crippen LogP) is 3.02. The number of hydrogen-bond acceptors (Lipinski definition) is 2. The standard InChI is InChI=1S/C13H15BrFN3/c1-3-16-13(12-6-7-17-18(12)2)10-5-4-9(15)8-11(10)14/h4-8,13,16H,3H2,1-2H3. The number of nitrogens with zero attached hydrogens (tertiary/aromatic N) is 2. The van der Waals surface area contributed by atoms with Crippen molar-refractivity contribution in [3.05, 3.63) is 52.0 Å². The highest BCUT2D eigenvalue weighted by atomic mass is 79.9. The van der Waals surface area contributed by atoms with E-state index in [1.165, 1.54) is 12.1 Å². The van der Waals surface area contributed by atoms with E-state index in [1.54, 1.807) is 12.3 Å². The van der Waals surface area contributed by atoms with Gasteiger partial charge in [-0.15, -0.1) is 0 Å². The van der Waals surface area contributed by atoms with Gasteiger partial charge in [-0.1, -0.05) is 28.9 Å². The van der Waals surface area contributed by atoms with Gasteiger partial charge in [0.15, 0.2) is 0 Å². The highest BCUT2D eigenvalue weighted by Crippen LogP contribution is 2.28. The van der Waals surface area contributed by atoms with Gasteiger partial charge in [0.1, 0.15) is 5.82 Å². The summed E-state index contributed by atoms with van der Waals surface area (Å²) in [6, 6.07) is 6.71. The number of aryl methyl sites for hydroxylation is 1. The third-order valence-electron chi connectivity index (χ3n) is 2.84. The van der Waals surface area contributed by atoms with Crippen LogP contribution in [0.4, 0.5) is 4.39 Å². The monoisotopic (exact) mass is 311 g/mol. The Morgan fingerprint density at radius 3 is 2.78 bits per heavy atom. The van der Waals surface area contributed by atoms with Crippen LogP contribution in [0.25, 0.3) is 0 Å². The lowest BCUT2D eigenvalue weighted by atomic mass is 10.0. The van der Waals surface area contributed by atoms with Crippen LogP contribution >= 0.6 is 15.9 Å². The Bertz CT molecular complexity index is 539. The van der Waals surface area contributed by atoms with Gasteiger partial charge in [0, 0.05) is 17.7 Å². The summed E-state index contributed by atoms with van der Waals surface area (Å²) in [5.41, 5.74) is 2.05. The molecule has 0 aliphatic heterocycles. The van der Waals surface area contributed by atoms with E-state index in [-0.39, 0.29) is 11.9 Å². The minimum Gasteiger partial charge on any atom is -0.305 e. The first kappa shape index (κ1) is 13.2. The number of rotatable bonds is 4. The normalized spacial score (nSPS) is 12.7. The lowest BCUT2D eigenvalue weighted by molar-refractivity contribution is 0.568. The predicted molar refractivity (Wildman–Crippen MR) is 72.8 cm³/mol. The molecule has 0 bridgehead atoms. The second kappa shape index (κ2) is 5.63. The van der Waals surface area contributed by atoms with Crippen molar-refractivity contribution in [3.8, 4) is 0 Å². The van der Waals surface area contributed by atoms with Crippen molar-refractivity contribution in [1.82, 2.24) is 15.1 Å². The summed E-state index contributed by atoms with van der Waals surface area (Å²) in [6.07, 6.45) is 1.76. The third-order valence-corrected chi connectivity index (χ3v) is 3.52. The third kappa shape index (κ3) is 2.62.